The van der Waals surface area contributed by atoms with Crippen LogP contribution in [0.5, 0.6) is 0 Å². The van der Waals surface area contributed by atoms with E-state index in [1.54, 1.807) is 25.4 Å². The molecule has 20 heavy (non-hydrogen) atoms. The molecule has 0 aliphatic carbocycles. The number of carbonyl (C=O) groups is 1. The molecule has 0 spiro atoms. The van der Waals surface area contributed by atoms with Gasteiger partial charge in [0.15, 0.2) is 0 Å². The fraction of sp³-hybridized carbons (Fsp3) is 0.0714. The van der Waals surface area contributed by atoms with Crippen LogP contribution in [-0.4, -0.2) is 20.6 Å². The number of fused-ring (bicyclic) bond motifs is 1. The summed E-state index contributed by atoms with van der Waals surface area (Å²) in [6.07, 6.45) is 1.69. The van der Waals surface area contributed by atoms with E-state index in [1.165, 1.54) is 28.0 Å². The van der Waals surface area contributed by atoms with Crippen molar-refractivity contribution < 1.29 is 9.90 Å². The van der Waals surface area contributed by atoms with Crippen LogP contribution in [0.1, 0.15) is 10.4 Å². The van der Waals surface area contributed by atoms with E-state index in [0.717, 1.165) is 15.8 Å². The number of nitrogens with zero attached hydrogens (tertiary/aromatic N) is 2. The standard InChI is InChI=1S/C14H10N2O3S/c1-16-5-4-8(7-12(16)17)13-15-10-3-2-9(14(18)19)6-11(10)20-13/h2-7H,1H3,(H,18,19). The number of aromatic carboxylic acids is 1. The van der Waals surface area contributed by atoms with Gasteiger partial charge in [-0.25, -0.2) is 9.78 Å². The van der Waals surface area contributed by atoms with E-state index in [9.17, 15) is 9.59 Å². The zero-order valence-electron chi connectivity index (χ0n) is 10.5. The minimum absolute atomic E-state index is 0.104. The Kier molecular flexibility index (Phi) is 2.87. The summed E-state index contributed by atoms with van der Waals surface area (Å²) in [6.45, 7) is 0. The van der Waals surface area contributed by atoms with Crippen molar-refractivity contribution in [2.45, 2.75) is 0 Å². The van der Waals surface area contributed by atoms with Gasteiger partial charge in [0.1, 0.15) is 5.01 Å². The van der Waals surface area contributed by atoms with Gasteiger partial charge in [-0.15, -0.1) is 11.3 Å². The third-order valence-electron chi connectivity index (χ3n) is 2.99. The molecule has 2 aromatic heterocycles. The lowest BCUT2D eigenvalue weighted by molar-refractivity contribution is 0.0697. The molecule has 0 bridgehead atoms. The van der Waals surface area contributed by atoms with Gasteiger partial charge in [0, 0.05) is 24.9 Å². The second-order valence-electron chi connectivity index (χ2n) is 4.37. The summed E-state index contributed by atoms with van der Waals surface area (Å²) in [5, 5.41) is 9.68. The van der Waals surface area contributed by atoms with Crippen LogP contribution < -0.4 is 5.56 Å². The van der Waals surface area contributed by atoms with E-state index >= 15 is 0 Å². The molecule has 0 atom stereocenters. The van der Waals surface area contributed by atoms with Crippen LogP contribution in [0.15, 0.2) is 41.3 Å². The molecule has 5 nitrogen and oxygen atoms in total. The zero-order chi connectivity index (χ0) is 14.3. The van der Waals surface area contributed by atoms with E-state index in [2.05, 4.69) is 4.98 Å². The van der Waals surface area contributed by atoms with Crippen molar-refractivity contribution in [1.82, 2.24) is 9.55 Å². The average molecular weight is 286 g/mol. The molecule has 0 amide bonds. The van der Waals surface area contributed by atoms with Gasteiger partial charge < -0.3 is 9.67 Å². The van der Waals surface area contributed by atoms with E-state index in [-0.39, 0.29) is 11.1 Å². The minimum Gasteiger partial charge on any atom is -0.478 e. The summed E-state index contributed by atoms with van der Waals surface area (Å²) in [6, 6.07) is 8.14. The molecule has 0 saturated carbocycles. The first-order valence-electron chi connectivity index (χ1n) is 5.85. The maximum absolute atomic E-state index is 11.6. The summed E-state index contributed by atoms with van der Waals surface area (Å²) < 4.78 is 2.28. The van der Waals surface area contributed by atoms with Gasteiger partial charge in [-0.2, -0.15) is 0 Å². The predicted octanol–water partition coefficient (Wildman–Crippen LogP) is 2.36. The van der Waals surface area contributed by atoms with Gasteiger partial charge in [-0.3, -0.25) is 4.79 Å². The van der Waals surface area contributed by atoms with Crippen molar-refractivity contribution in [3.8, 4) is 10.6 Å². The molecule has 0 unspecified atom stereocenters. The molecular weight excluding hydrogens is 276 g/mol. The fourth-order valence-corrected chi connectivity index (χ4v) is 2.86. The molecule has 1 aromatic carbocycles. The summed E-state index contributed by atoms with van der Waals surface area (Å²) >= 11 is 1.37. The Bertz CT molecular complexity index is 880. The number of pyridine rings is 1. The molecule has 6 heteroatoms. The summed E-state index contributed by atoms with van der Waals surface area (Å²) in [7, 11) is 1.68. The lowest BCUT2D eigenvalue weighted by atomic mass is 10.2. The number of aryl methyl sites for hydroxylation is 1. The van der Waals surface area contributed by atoms with E-state index in [4.69, 9.17) is 5.11 Å². The molecule has 0 radical (unpaired) electrons. The van der Waals surface area contributed by atoms with Crippen molar-refractivity contribution in [3.05, 3.63) is 52.4 Å². The van der Waals surface area contributed by atoms with Crippen LogP contribution in [-0.2, 0) is 7.05 Å². The number of carboxylic acids is 1. The largest absolute Gasteiger partial charge is 0.478 e. The average Bonchev–Trinajstić information content (AvgIpc) is 2.84. The number of hydrogen-bond acceptors (Lipinski definition) is 4. The number of hydrogen-bond donors (Lipinski definition) is 1. The molecule has 0 aliphatic heterocycles. The molecule has 3 aromatic rings. The lowest BCUT2D eigenvalue weighted by Gasteiger charge is -1.97. The van der Waals surface area contributed by atoms with Crippen LogP contribution in [0, 0.1) is 0 Å². The van der Waals surface area contributed by atoms with Crippen molar-refractivity contribution in [2.24, 2.45) is 7.05 Å². The zero-order valence-corrected chi connectivity index (χ0v) is 11.3. The van der Waals surface area contributed by atoms with Crippen LogP contribution in [0.3, 0.4) is 0 Å². The first-order chi connectivity index (χ1) is 9.54. The SMILES string of the molecule is Cn1ccc(-c2nc3ccc(C(=O)O)cc3s2)cc1=O. The molecule has 0 saturated heterocycles. The van der Waals surface area contributed by atoms with Crippen LogP contribution in [0.25, 0.3) is 20.8 Å². The monoisotopic (exact) mass is 286 g/mol. The Morgan fingerprint density at radius 2 is 2.10 bits per heavy atom. The molecule has 0 aliphatic rings. The number of aromatic nitrogens is 2. The highest BCUT2D eigenvalue weighted by molar-refractivity contribution is 7.21. The Hall–Kier alpha value is -2.47. The Morgan fingerprint density at radius 1 is 1.30 bits per heavy atom. The summed E-state index contributed by atoms with van der Waals surface area (Å²) in [5.74, 6) is -0.963. The Labute approximate surface area is 117 Å². The summed E-state index contributed by atoms with van der Waals surface area (Å²) in [4.78, 5) is 27.0. The number of benzene rings is 1. The van der Waals surface area contributed by atoms with Gasteiger partial charge in [0.05, 0.1) is 15.8 Å². The molecular formula is C14H10N2O3S. The third-order valence-corrected chi connectivity index (χ3v) is 4.05. The maximum atomic E-state index is 11.6. The topological polar surface area (TPSA) is 72.2 Å². The lowest BCUT2D eigenvalue weighted by Crippen LogP contribution is -2.13. The normalized spacial score (nSPS) is 10.8. The maximum Gasteiger partial charge on any atom is 0.335 e. The van der Waals surface area contributed by atoms with E-state index < -0.39 is 5.97 Å². The van der Waals surface area contributed by atoms with E-state index in [0.29, 0.717) is 5.01 Å². The van der Waals surface area contributed by atoms with Gasteiger partial charge in [0.25, 0.3) is 5.56 Å². The van der Waals surface area contributed by atoms with E-state index in [1.807, 2.05) is 6.07 Å². The highest BCUT2D eigenvalue weighted by Gasteiger charge is 2.10. The number of thiazole rings is 1. The molecule has 1 N–H and O–H groups in total. The Morgan fingerprint density at radius 3 is 2.80 bits per heavy atom. The third kappa shape index (κ3) is 2.10. The van der Waals surface area contributed by atoms with Gasteiger partial charge in [0.2, 0.25) is 0 Å². The fourth-order valence-electron chi connectivity index (χ4n) is 1.86. The quantitative estimate of drug-likeness (QED) is 0.785. The minimum atomic E-state index is -0.963. The van der Waals surface area contributed by atoms with Crippen molar-refractivity contribution in [1.29, 1.82) is 0 Å². The molecule has 0 fully saturated rings. The Balaban J connectivity index is 2.15. The number of carboxylic acid groups (broad SMARTS) is 1. The highest BCUT2D eigenvalue weighted by atomic mass is 32.1. The van der Waals surface area contributed by atoms with Crippen LogP contribution in [0.4, 0.5) is 0 Å². The van der Waals surface area contributed by atoms with Gasteiger partial charge in [-0.1, -0.05) is 0 Å². The van der Waals surface area contributed by atoms with Crippen molar-refractivity contribution in [3.63, 3.8) is 0 Å². The highest BCUT2D eigenvalue weighted by Crippen LogP contribution is 2.30. The molecule has 100 valence electrons. The summed E-state index contributed by atoms with van der Waals surface area (Å²) in [5.41, 5.74) is 1.60. The van der Waals surface area contributed by atoms with Gasteiger partial charge in [-0.05, 0) is 24.3 Å². The molecule has 2 heterocycles. The molecule has 3 rings (SSSR count). The second kappa shape index (κ2) is 4.57. The van der Waals surface area contributed by atoms with Crippen LogP contribution in [0.2, 0.25) is 0 Å². The van der Waals surface area contributed by atoms with Crippen molar-refractivity contribution in [2.75, 3.05) is 0 Å². The van der Waals surface area contributed by atoms with Crippen molar-refractivity contribution >= 4 is 27.5 Å². The first-order valence-corrected chi connectivity index (χ1v) is 6.67. The van der Waals surface area contributed by atoms with Gasteiger partial charge >= 0.3 is 5.97 Å². The van der Waals surface area contributed by atoms with Crippen LogP contribution >= 0.6 is 11.3 Å². The first kappa shape index (κ1) is 12.6. The number of rotatable bonds is 2. The predicted molar refractivity (Wildman–Crippen MR) is 77.3 cm³/mol. The smallest absolute Gasteiger partial charge is 0.335 e. The second-order valence-corrected chi connectivity index (χ2v) is 5.40.